The molecule has 0 unspecified atom stereocenters. The van der Waals surface area contributed by atoms with Crippen LogP contribution in [0.15, 0.2) is 48.5 Å². The predicted octanol–water partition coefficient (Wildman–Crippen LogP) is 3.76. The van der Waals surface area contributed by atoms with Gasteiger partial charge in [-0.15, -0.1) is 0 Å². The second-order valence-electron chi connectivity index (χ2n) is 7.06. The SMILES string of the molecule is CN(CCOc1ccc(Cl)cc1)C(=O)Nc1ccc(CCN2CCOCC2)cc1. The van der Waals surface area contributed by atoms with Crippen molar-refractivity contribution in [1.29, 1.82) is 0 Å². The fourth-order valence-electron chi connectivity index (χ4n) is 3.02. The predicted molar refractivity (Wildman–Crippen MR) is 116 cm³/mol. The van der Waals surface area contributed by atoms with Crippen LogP contribution >= 0.6 is 11.6 Å². The highest BCUT2D eigenvalue weighted by Gasteiger charge is 2.11. The molecule has 29 heavy (non-hydrogen) atoms. The summed E-state index contributed by atoms with van der Waals surface area (Å²) < 4.78 is 11.0. The van der Waals surface area contributed by atoms with Gasteiger partial charge in [0.15, 0.2) is 0 Å². The van der Waals surface area contributed by atoms with Crippen molar-refractivity contribution >= 4 is 23.3 Å². The van der Waals surface area contributed by atoms with Crippen LogP contribution < -0.4 is 10.1 Å². The number of rotatable bonds is 8. The number of urea groups is 1. The van der Waals surface area contributed by atoms with Crippen molar-refractivity contribution in [3.63, 3.8) is 0 Å². The second-order valence-corrected chi connectivity index (χ2v) is 7.49. The zero-order valence-corrected chi connectivity index (χ0v) is 17.5. The van der Waals surface area contributed by atoms with Gasteiger partial charge in [-0.25, -0.2) is 4.79 Å². The molecule has 0 spiro atoms. The largest absolute Gasteiger partial charge is 0.492 e. The second kappa shape index (κ2) is 11.0. The summed E-state index contributed by atoms with van der Waals surface area (Å²) in [5.74, 6) is 0.732. The Hall–Kier alpha value is -2.28. The molecule has 0 radical (unpaired) electrons. The minimum absolute atomic E-state index is 0.161. The van der Waals surface area contributed by atoms with Crippen molar-refractivity contribution in [2.75, 3.05) is 58.4 Å². The Bertz CT molecular complexity index is 762. The highest BCUT2D eigenvalue weighted by atomic mass is 35.5. The fourth-order valence-corrected chi connectivity index (χ4v) is 3.14. The number of amides is 2. The zero-order chi connectivity index (χ0) is 20.5. The van der Waals surface area contributed by atoms with Crippen LogP contribution in [0.5, 0.6) is 5.75 Å². The molecule has 1 saturated heterocycles. The van der Waals surface area contributed by atoms with Crippen molar-refractivity contribution in [3.05, 3.63) is 59.1 Å². The lowest BCUT2D eigenvalue weighted by molar-refractivity contribution is 0.0384. The average Bonchev–Trinajstić information content (AvgIpc) is 2.75. The fraction of sp³-hybridized carbons (Fsp3) is 0.409. The molecule has 0 atom stereocenters. The summed E-state index contributed by atoms with van der Waals surface area (Å²) in [6.45, 7) is 5.57. The maximum atomic E-state index is 12.3. The molecule has 1 heterocycles. The van der Waals surface area contributed by atoms with Crippen molar-refractivity contribution in [2.45, 2.75) is 6.42 Å². The molecule has 7 heteroatoms. The summed E-state index contributed by atoms with van der Waals surface area (Å²) in [6.07, 6.45) is 0.996. The third kappa shape index (κ3) is 7.24. The zero-order valence-electron chi connectivity index (χ0n) is 16.8. The number of nitrogens with zero attached hydrogens (tertiary/aromatic N) is 2. The molecule has 1 N–H and O–H groups in total. The van der Waals surface area contributed by atoms with Crippen LogP contribution in [0, 0.1) is 0 Å². The number of likely N-dealkylation sites (N-methyl/N-ethyl adjacent to an activating group) is 1. The number of hydrogen-bond donors (Lipinski definition) is 1. The first-order valence-corrected chi connectivity index (χ1v) is 10.3. The van der Waals surface area contributed by atoms with E-state index in [1.807, 2.05) is 24.3 Å². The molecule has 0 aliphatic carbocycles. The summed E-state index contributed by atoms with van der Waals surface area (Å²) in [5, 5.41) is 3.59. The first kappa shape index (κ1) is 21.4. The van der Waals surface area contributed by atoms with Crippen molar-refractivity contribution in [2.24, 2.45) is 0 Å². The Kier molecular flexibility index (Phi) is 8.16. The summed E-state index contributed by atoms with van der Waals surface area (Å²) in [7, 11) is 1.75. The van der Waals surface area contributed by atoms with E-state index in [0.717, 1.165) is 50.7 Å². The van der Waals surface area contributed by atoms with E-state index in [0.29, 0.717) is 18.2 Å². The van der Waals surface area contributed by atoms with Crippen LogP contribution in [0.4, 0.5) is 10.5 Å². The Morgan fingerprint density at radius 3 is 2.52 bits per heavy atom. The van der Waals surface area contributed by atoms with E-state index >= 15 is 0 Å². The van der Waals surface area contributed by atoms with Gasteiger partial charge < -0.3 is 19.7 Å². The summed E-state index contributed by atoms with van der Waals surface area (Å²) in [6, 6.07) is 15.0. The molecule has 0 saturated carbocycles. The van der Waals surface area contributed by atoms with Crippen LogP contribution in [0.25, 0.3) is 0 Å². The van der Waals surface area contributed by atoms with E-state index in [2.05, 4.69) is 22.3 Å². The van der Waals surface area contributed by atoms with Gasteiger partial charge in [0.2, 0.25) is 0 Å². The minimum atomic E-state index is -0.161. The van der Waals surface area contributed by atoms with Gasteiger partial charge in [0, 0.05) is 37.4 Å². The topological polar surface area (TPSA) is 54.0 Å². The Balaban J connectivity index is 1.38. The van der Waals surface area contributed by atoms with Crippen LogP contribution in [0.3, 0.4) is 0 Å². The molecule has 6 nitrogen and oxygen atoms in total. The molecule has 2 amide bonds. The number of hydrogen-bond acceptors (Lipinski definition) is 4. The van der Waals surface area contributed by atoms with Gasteiger partial charge in [0.1, 0.15) is 12.4 Å². The Morgan fingerprint density at radius 1 is 1.14 bits per heavy atom. The van der Waals surface area contributed by atoms with Gasteiger partial charge in [-0.1, -0.05) is 23.7 Å². The first-order chi connectivity index (χ1) is 14.1. The van der Waals surface area contributed by atoms with Gasteiger partial charge in [0.25, 0.3) is 0 Å². The summed E-state index contributed by atoms with van der Waals surface area (Å²) in [4.78, 5) is 16.4. The van der Waals surface area contributed by atoms with Gasteiger partial charge in [-0.2, -0.15) is 0 Å². The number of nitrogens with one attached hydrogen (secondary N) is 1. The summed E-state index contributed by atoms with van der Waals surface area (Å²) in [5.41, 5.74) is 2.05. The van der Waals surface area contributed by atoms with Crippen LogP contribution in [0.1, 0.15) is 5.56 Å². The normalized spacial score (nSPS) is 14.4. The van der Waals surface area contributed by atoms with Gasteiger partial charge >= 0.3 is 6.03 Å². The van der Waals surface area contributed by atoms with Crippen LogP contribution in [-0.4, -0.2) is 68.9 Å². The molecule has 156 valence electrons. The molecule has 2 aromatic carbocycles. The maximum absolute atomic E-state index is 12.3. The number of ether oxygens (including phenoxy) is 2. The maximum Gasteiger partial charge on any atom is 0.321 e. The lowest BCUT2D eigenvalue weighted by Gasteiger charge is -2.26. The molecular formula is C22H28ClN3O3. The highest BCUT2D eigenvalue weighted by Crippen LogP contribution is 2.15. The highest BCUT2D eigenvalue weighted by molar-refractivity contribution is 6.30. The van der Waals surface area contributed by atoms with Crippen LogP contribution in [-0.2, 0) is 11.2 Å². The van der Waals surface area contributed by atoms with Gasteiger partial charge in [-0.05, 0) is 48.4 Å². The van der Waals surface area contributed by atoms with E-state index < -0.39 is 0 Å². The first-order valence-electron chi connectivity index (χ1n) is 9.90. The van der Waals surface area contributed by atoms with Gasteiger partial charge in [0.05, 0.1) is 19.8 Å². The van der Waals surface area contributed by atoms with Gasteiger partial charge in [-0.3, -0.25) is 4.90 Å². The molecule has 3 rings (SSSR count). The number of carbonyl (C=O) groups excluding carboxylic acids is 1. The number of carbonyl (C=O) groups is 1. The average molecular weight is 418 g/mol. The molecular weight excluding hydrogens is 390 g/mol. The molecule has 2 aromatic rings. The van der Waals surface area contributed by atoms with E-state index in [1.165, 1.54) is 5.56 Å². The number of anilines is 1. The molecule has 1 aliphatic rings. The van der Waals surface area contributed by atoms with E-state index in [1.54, 1.807) is 24.1 Å². The monoisotopic (exact) mass is 417 g/mol. The van der Waals surface area contributed by atoms with Crippen molar-refractivity contribution in [3.8, 4) is 5.75 Å². The van der Waals surface area contributed by atoms with E-state index in [4.69, 9.17) is 21.1 Å². The summed E-state index contributed by atoms with van der Waals surface area (Å²) >= 11 is 5.85. The number of morpholine rings is 1. The smallest absolute Gasteiger partial charge is 0.321 e. The molecule has 0 aromatic heterocycles. The molecule has 0 bridgehead atoms. The van der Waals surface area contributed by atoms with E-state index in [-0.39, 0.29) is 6.03 Å². The van der Waals surface area contributed by atoms with E-state index in [9.17, 15) is 4.79 Å². The molecule has 1 fully saturated rings. The number of halogens is 1. The quantitative estimate of drug-likeness (QED) is 0.710. The standard InChI is InChI=1S/C22H28ClN3O3/c1-25(12-17-29-21-8-4-19(23)5-9-21)22(27)24-20-6-2-18(3-7-20)10-11-26-13-15-28-16-14-26/h2-9H,10-17H2,1H3,(H,24,27). The number of benzene rings is 2. The molecule has 1 aliphatic heterocycles. The van der Waals surface area contributed by atoms with Crippen molar-refractivity contribution in [1.82, 2.24) is 9.80 Å². The van der Waals surface area contributed by atoms with Crippen molar-refractivity contribution < 1.29 is 14.3 Å². The Morgan fingerprint density at radius 2 is 1.83 bits per heavy atom. The minimum Gasteiger partial charge on any atom is -0.492 e. The Labute approximate surface area is 177 Å². The third-order valence-corrected chi connectivity index (χ3v) is 5.13. The lowest BCUT2D eigenvalue weighted by Crippen LogP contribution is -2.37. The third-order valence-electron chi connectivity index (χ3n) is 4.88. The van der Waals surface area contributed by atoms with Crippen LogP contribution in [0.2, 0.25) is 5.02 Å². The lowest BCUT2D eigenvalue weighted by atomic mass is 10.1.